The van der Waals surface area contributed by atoms with E-state index in [0.29, 0.717) is 58.8 Å². The number of carboxylic acids is 5. The summed E-state index contributed by atoms with van der Waals surface area (Å²) in [5, 5.41) is 69.4. The largest absolute Gasteiger partial charge is 0.768 e. The van der Waals surface area contributed by atoms with Gasteiger partial charge in [-0.1, -0.05) is 93.9 Å². The topological polar surface area (TPSA) is 586 Å². The fourth-order valence-corrected chi connectivity index (χ4v) is 14.3. The highest BCUT2D eigenvalue weighted by molar-refractivity contribution is 7.85. The van der Waals surface area contributed by atoms with Gasteiger partial charge in [0, 0.05) is 129 Å². The molecule has 13 N–H and O–H groups in total. The number of imide groups is 1. The molecule has 1 unspecified atom stereocenters. The molecule has 0 bridgehead atoms. The van der Waals surface area contributed by atoms with E-state index in [1.807, 2.05) is 70.2 Å². The van der Waals surface area contributed by atoms with Crippen molar-refractivity contribution in [2.75, 3.05) is 50.9 Å². The van der Waals surface area contributed by atoms with Gasteiger partial charge >= 0.3 is 29.8 Å². The fourth-order valence-electron chi connectivity index (χ4n) is 13.4. The number of aliphatic imine (C=N–C) groups is 1. The minimum absolute atomic E-state index is 0.0133. The molecule has 9 amide bonds. The van der Waals surface area contributed by atoms with Gasteiger partial charge in [-0.3, -0.25) is 90.6 Å². The Balaban J connectivity index is 1.05. The number of hydrogen-bond acceptors (Lipinski definition) is 24. The third-order valence-corrected chi connectivity index (χ3v) is 21.7. The Morgan fingerprint density at radius 1 is 0.569 bits per heavy atom. The number of nitrogens with zero attached hydrogens (tertiary/aromatic N) is 4. The van der Waals surface area contributed by atoms with Crippen molar-refractivity contribution in [3.05, 3.63) is 143 Å². The van der Waals surface area contributed by atoms with E-state index < -0.39 is 235 Å². The first kappa shape index (κ1) is 99.5. The summed E-state index contributed by atoms with van der Waals surface area (Å²) in [5.74, 6) is -18.6. The fraction of sp³-hybridized carbons (Fsp3) is 0.458. The predicted octanol–water partition coefficient (Wildman–Crippen LogP) is 4.34. The Hall–Kier alpha value is -12.3. The van der Waals surface area contributed by atoms with E-state index in [-0.39, 0.29) is 61.4 Å². The number of allylic oxidation sites excluding steroid dienone is 8. The number of amides is 9. The Morgan fingerprint density at radius 3 is 1.70 bits per heavy atom. The van der Waals surface area contributed by atoms with E-state index in [2.05, 4.69) is 47.3 Å². The van der Waals surface area contributed by atoms with Crippen molar-refractivity contribution in [1.29, 1.82) is 0 Å². The molecule has 0 fully saturated rings. The number of unbranched alkanes of at least 4 members (excludes halogenated alkanes) is 2. The van der Waals surface area contributed by atoms with E-state index in [9.17, 15) is 119 Å². The van der Waals surface area contributed by atoms with Crippen LogP contribution in [0.15, 0.2) is 141 Å². The molecule has 0 aliphatic carbocycles. The Morgan fingerprint density at radius 2 is 1.11 bits per heavy atom. The van der Waals surface area contributed by atoms with Crippen LogP contribution in [0.3, 0.4) is 0 Å². The zero-order valence-corrected chi connectivity index (χ0v) is 70.4. The SMILES string of the molecule is CCOCCNC(=O)[C@H](Cc1ccc(/C(C)=N/OCCNC(=O)CCCCCN2/C(=C/C=C/C=C/C=C/C3=Nc4ccc(S(=O)[O-])cc4C3(C)C)C(C)(C)c3cc(S(=O)(=O)O)ccc32)cc1)NC(=O)[C@@H](CCC(=O)O)NC(=O)[C@@H](CCC(=O)O)NC(=O)[C@@H](CCC(=O)O)CC(=O)[C@@H](CCC(=O)O)NC(=O)[C@@H](CCC(=O)O)NC(=O)CCN1C(=O)C=CC1=O. The molecule has 38 nitrogen and oxygen atoms in total. The number of carboxylic acid groups (broad SMARTS) is 5. The van der Waals surface area contributed by atoms with E-state index in [1.54, 1.807) is 56.3 Å². The third-order valence-electron chi connectivity index (χ3n) is 20.2. The lowest BCUT2D eigenvalue weighted by Gasteiger charge is -2.27. The van der Waals surface area contributed by atoms with E-state index in [4.69, 9.17) is 14.6 Å². The molecule has 3 aromatic rings. The number of benzene rings is 3. The number of fused-ring (bicyclic) bond motifs is 2. The zero-order valence-electron chi connectivity index (χ0n) is 68.8. The van der Waals surface area contributed by atoms with Gasteiger partial charge in [0.05, 0.1) is 41.2 Å². The molecule has 0 spiro atoms. The predicted molar refractivity (Wildman–Crippen MR) is 443 cm³/mol. The quantitative estimate of drug-likeness (QED) is 0.00711. The average Bonchev–Trinajstić information content (AvgIpc) is 1.59. The van der Waals surface area contributed by atoms with Crippen LogP contribution < -0.4 is 42.1 Å². The molecule has 0 saturated carbocycles. The molecule has 3 heterocycles. The van der Waals surface area contributed by atoms with Crippen LogP contribution in [0.4, 0.5) is 11.4 Å². The lowest BCUT2D eigenvalue weighted by atomic mass is 9.81. The van der Waals surface area contributed by atoms with Crippen molar-refractivity contribution in [2.24, 2.45) is 16.1 Å². The molecule has 0 saturated heterocycles. The smallest absolute Gasteiger partial charge is 0.303 e. The van der Waals surface area contributed by atoms with Crippen molar-refractivity contribution in [3.63, 3.8) is 0 Å². The highest BCUT2D eigenvalue weighted by Crippen LogP contribution is 2.49. The van der Waals surface area contributed by atoms with Gasteiger partial charge in [-0.05, 0) is 141 Å². The number of hydrogen-bond donors (Lipinski definition) is 13. The number of ketones is 1. The Labute approximate surface area is 712 Å². The van der Waals surface area contributed by atoms with Crippen LogP contribution in [0.5, 0.6) is 0 Å². The molecule has 3 aliphatic heterocycles. The van der Waals surface area contributed by atoms with E-state index >= 15 is 0 Å². The lowest BCUT2D eigenvalue weighted by molar-refractivity contribution is -0.141. The lowest BCUT2D eigenvalue weighted by Crippen LogP contribution is -2.57. The number of carbonyl (C=O) groups excluding carboxylic acids is 10. The summed E-state index contributed by atoms with van der Waals surface area (Å²) in [6.45, 7) is 11.7. The molecule has 40 heteroatoms. The van der Waals surface area contributed by atoms with Crippen molar-refractivity contribution >= 4 is 133 Å². The molecule has 7 atom stereocenters. The molecule has 6 rings (SSSR count). The van der Waals surface area contributed by atoms with Crippen molar-refractivity contribution < 1.29 is 129 Å². The second-order valence-corrected chi connectivity index (χ2v) is 32.4. The molecule has 0 radical (unpaired) electrons. The van der Waals surface area contributed by atoms with Gasteiger partial charge in [-0.2, -0.15) is 8.42 Å². The minimum atomic E-state index is -4.51. The van der Waals surface area contributed by atoms with Crippen LogP contribution in [-0.2, 0) is 120 Å². The van der Waals surface area contributed by atoms with Crippen LogP contribution in [0.25, 0.3) is 0 Å². The molecular weight excluding hydrogens is 1650 g/mol. The minimum Gasteiger partial charge on any atom is -0.768 e. The Kier molecular flexibility index (Phi) is 38.7. The molecule has 123 heavy (non-hydrogen) atoms. The van der Waals surface area contributed by atoms with Gasteiger partial charge < -0.3 is 81.8 Å². The summed E-state index contributed by atoms with van der Waals surface area (Å²) in [6, 6.07) is 7.04. The van der Waals surface area contributed by atoms with Gasteiger partial charge in [0.1, 0.15) is 30.8 Å². The summed E-state index contributed by atoms with van der Waals surface area (Å²) >= 11 is -2.38. The van der Waals surface area contributed by atoms with Crippen LogP contribution in [0.1, 0.15) is 167 Å². The molecular formula is C83H104N11O27S2-. The monoisotopic (exact) mass is 1750 g/mol. The van der Waals surface area contributed by atoms with E-state index in [0.717, 1.165) is 34.8 Å². The first-order valence-electron chi connectivity index (χ1n) is 39.6. The van der Waals surface area contributed by atoms with Crippen molar-refractivity contribution in [2.45, 2.75) is 202 Å². The zero-order chi connectivity index (χ0) is 90.9. The number of aliphatic carboxylic acids is 5. The summed E-state index contributed by atoms with van der Waals surface area (Å²) in [4.78, 5) is 207. The summed E-state index contributed by atoms with van der Waals surface area (Å²) in [7, 11) is -4.51. The highest BCUT2D eigenvalue weighted by Gasteiger charge is 2.42. The van der Waals surface area contributed by atoms with Gasteiger partial charge in [0.15, 0.2) is 5.78 Å². The standard InChI is InChI=1S/C83H105N11O27S2/c1-7-120-44-40-85-78(111)63(91-81(114)62(30-38-76(108)109)90-80(113)61(29-37-75(106)107)89-77(110)53(23-34-72(100)101)47-65(95)59(27-35-73(102)103)88-79(112)60(28-36-74(104)105)87-69(97)39-43-94-70(98)32-33-71(94)99)46-51-19-21-52(22-20-51)50(2)92-121-45-41-84-68(96)18-14-11-15-42-93-64-31-25-55(123(117,118)119)49-57(64)83(5,6)67(93)17-13-10-8-9-12-16-66-82(3,4)56-48-54(122(115)116)24-26-58(56)86-66/h8-10,12-13,16-17,19-22,24-26,31-33,48-49,53,59-63H,7,11,14-15,18,23,27-30,34-47H2,1-6H3,(H,84,96)(H,85,111)(H,87,97)(H,88,112)(H,89,110)(H,90,113)(H,91,114)(H,100,101)(H,102,103)(H,104,105)(H,106,107)(H,108,109)(H,115,116)(H,117,118,119)/p-1/b9-8+,13-10+,16-12+,67-17+,92-50+/t53-,59+,60+,61+,62+,63-/m0/s1. The summed E-state index contributed by atoms with van der Waals surface area (Å²) in [6.07, 6.45) is 7.78. The maximum Gasteiger partial charge on any atom is 0.303 e. The number of Topliss-reactive ketones (excluding diaryl/α,β-unsaturated/α-hetero) is 1. The van der Waals surface area contributed by atoms with Crippen LogP contribution in [0, 0.1) is 5.92 Å². The maximum atomic E-state index is 14.4. The van der Waals surface area contributed by atoms with Gasteiger partial charge in [0.25, 0.3) is 21.9 Å². The van der Waals surface area contributed by atoms with Gasteiger partial charge in [-0.25, -0.2) is 0 Å². The average molecular weight is 1750 g/mol. The second-order valence-electron chi connectivity index (χ2n) is 30.0. The number of rotatable bonds is 54. The summed E-state index contributed by atoms with van der Waals surface area (Å²) < 4.78 is 63.1. The first-order chi connectivity index (χ1) is 58.1. The maximum absolute atomic E-state index is 14.4. The van der Waals surface area contributed by atoms with Crippen LogP contribution in [-0.4, -0.2) is 229 Å². The highest BCUT2D eigenvalue weighted by atomic mass is 32.2. The molecule has 3 aliphatic rings. The van der Waals surface area contributed by atoms with Crippen LogP contribution in [0.2, 0.25) is 0 Å². The van der Waals surface area contributed by atoms with Crippen molar-refractivity contribution in [1.82, 2.24) is 42.1 Å². The molecule has 0 aromatic heterocycles. The number of carbonyl (C=O) groups is 15. The number of oxime groups is 1. The molecule has 3 aromatic carbocycles. The number of ether oxygens (including phenoxy) is 1. The second kappa shape index (κ2) is 47.8. The van der Waals surface area contributed by atoms with E-state index in [1.165, 1.54) is 18.2 Å². The van der Waals surface area contributed by atoms with Crippen molar-refractivity contribution in [3.8, 4) is 0 Å². The normalized spacial score (nSPS) is 16.0. The first-order valence-corrected chi connectivity index (χ1v) is 42.1. The molecule has 666 valence electrons. The van der Waals surface area contributed by atoms with Crippen LogP contribution >= 0.6 is 0 Å². The third kappa shape index (κ3) is 31.6. The van der Waals surface area contributed by atoms with Gasteiger partial charge in [-0.15, -0.1) is 0 Å². The number of anilines is 1. The summed E-state index contributed by atoms with van der Waals surface area (Å²) in [5.41, 5.74) is 4.79. The number of nitrogens with one attached hydrogen (secondary N) is 7. The van der Waals surface area contributed by atoms with Gasteiger partial charge in [0.2, 0.25) is 41.4 Å². The Bertz CT molecular complexity index is 4780.